The quantitative estimate of drug-likeness (QED) is 0.737. The Bertz CT molecular complexity index is 546. The van der Waals surface area contributed by atoms with Crippen molar-refractivity contribution in [2.75, 3.05) is 24.7 Å². The number of hydrogen-bond donors (Lipinski definition) is 3. The van der Waals surface area contributed by atoms with Crippen molar-refractivity contribution >= 4 is 22.7 Å². The number of aliphatic hydroxyl groups excluding tert-OH is 1. The maximum atomic E-state index is 13.4. The molecule has 0 amide bonds. The van der Waals surface area contributed by atoms with Crippen LogP contribution in [0.25, 0.3) is 0 Å². The Labute approximate surface area is 114 Å². The van der Waals surface area contributed by atoms with Crippen LogP contribution < -0.4 is 15.8 Å². The van der Waals surface area contributed by atoms with E-state index in [2.05, 4.69) is 5.32 Å². The number of nitrogens with two attached hydrogens (primary N) is 1. The summed E-state index contributed by atoms with van der Waals surface area (Å²) < 4.78 is 18.3. The second-order valence-corrected chi connectivity index (χ2v) is 4.81. The van der Waals surface area contributed by atoms with Crippen LogP contribution >= 0.6 is 11.3 Å². The molecule has 0 spiro atoms. The van der Waals surface area contributed by atoms with E-state index >= 15 is 0 Å². The van der Waals surface area contributed by atoms with Gasteiger partial charge in [-0.2, -0.15) is 11.3 Å². The van der Waals surface area contributed by atoms with Gasteiger partial charge in [-0.1, -0.05) is 0 Å². The maximum absolute atomic E-state index is 13.4. The topological polar surface area (TPSA) is 67.5 Å². The first-order chi connectivity index (χ1) is 9.11. The van der Waals surface area contributed by atoms with Gasteiger partial charge >= 0.3 is 0 Å². The number of nitrogen functional groups attached to an aromatic ring is 1. The van der Waals surface area contributed by atoms with Crippen molar-refractivity contribution in [1.29, 1.82) is 0 Å². The van der Waals surface area contributed by atoms with Crippen LogP contribution in [0, 0.1) is 5.82 Å². The summed E-state index contributed by atoms with van der Waals surface area (Å²) in [7, 11) is 1.39. The zero-order valence-corrected chi connectivity index (χ0v) is 11.2. The highest BCUT2D eigenvalue weighted by Crippen LogP contribution is 2.28. The fourth-order valence-corrected chi connectivity index (χ4v) is 2.37. The molecule has 1 unspecified atom stereocenters. The van der Waals surface area contributed by atoms with Crippen LogP contribution in [0.2, 0.25) is 0 Å². The SMILES string of the molecule is COc1cc(NCC(O)c2ccsc2)c(N)cc1F. The summed E-state index contributed by atoms with van der Waals surface area (Å²) in [5.41, 5.74) is 7.36. The molecular weight excluding hydrogens is 267 g/mol. The van der Waals surface area contributed by atoms with Gasteiger partial charge in [0.15, 0.2) is 11.6 Å². The number of methoxy groups -OCH3 is 1. The lowest BCUT2D eigenvalue weighted by molar-refractivity contribution is 0.192. The van der Waals surface area contributed by atoms with Crippen LogP contribution in [0.4, 0.5) is 15.8 Å². The van der Waals surface area contributed by atoms with Gasteiger partial charge in [0.25, 0.3) is 0 Å². The van der Waals surface area contributed by atoms with Gasteiger partial charge < -0.3 is 20.9 Å². The van der Waals surface area contributed by atoms with Gasteiger partial charge in [-0.05, 0) is 22.4 Å². The Morgan fingerprint density at radius 2 is 2.32 bits per heavy atom. The Hall–Kier alpha value is -1.79. The largest absolute Gasteiger partial charge is 0.494 e. The van der Waals surface area contributed by atoms with Crippen LogP contribution in [-0.2, 0) is 0 Å². The number of nitrogens with one attached hydrogen (secondary N) is 1. The molecule has 0 fully saturated rings. The number of rotatable bonds is 5. The van der Waals surface area contributed by atoms with E-state index in [9.17, 15) is 9.50 Å². The van der Waals surface area contributed by atoms with Gasteiger partial charge in [0, 0.05) is 18.7 Å². The summed E-state index contributed by atoms with van der Waals surface area (Å²) in [6, 6.07) is 4.52. The van der Waals surface area contributed by atoms with E-state index in [4.69, 9.17) is 10.5 Å². The van der Waals surface area contributed by atoms with Crippen molar-refractivity contribution < 1.29 is 14.2 Å². The molecule has 0 aliphatic heterocycles. The smallest absolute Gasteiger partial charge is 0.167 e. The molecule has 0 saturated heterocycles. The van der Waals surface area contributed by atoms with Gasteiger partial charge in [-0.3, -0.25) is 0 Å². The number of benzene rings is 1. The number of aliphatic hydroxyl groups is 1. The van der Waals surface area contributed by atoms with Gasteiger partial charge in [-0.25, -0.2) is 4.39 Å². The lowest BCUT2D eigenvalue weighted by Gasteiger charge is -2.14. The lowest BCUT2D eigenvalue weighted by Crippen LogP contribution is -2.12. The zero-order chi connectivity index (χ0) is 13.8. The molecule has 0 aliphatic rings. The Morgan fingerprint density at radius 3 is 2.95 bits per heavy atom. The third kappa shape index (κ3) is 3.15. The Kier molecular flexibility index (Phi) is 4.24. The molecule has 19 heavy (non-hydrogen) atoms. The van der Waals surface area contributed by atoms with Crippen LogP contribution in [0.1, 0.15) is 11.7 Å². The first-order valence-electron chi connectivity index (χ1n) is 5.69. The van der Waals surface area contributed by atoms with Crippen LogP contribution in [0.15, 0.2) is 29.0 Å². The molecule has 0 aliphatic carbocycles. The van der Waals surface area contributed by atoms with Crippen molar-refractivity contribution in [1.82, 2.24) is 0 Å². The van der Waals surface area contributed by atoms with E-state index in [1.807, 2.05) is 16.8 Å². The molecular formula is C13H15FN2O2S. The Morgan fingerprint density at radius 1 is 1.53 bits per heavy atom. The van der Waals surface area contributed by atoms with Crippen molar-refractivity contribution in [2.24, 2.45) is 0 Å². The van der Waals surface area contributed by atoms with Crippen molar-refractivity contribution in [3.05, 3.63) is 40.3 Å². The third-order valence-corrected chi connectivity index (χ3v) is 3.44. The second-order valence-electron chi connectivity index (χ2n) is 4.03. The number of anilines is 2. The zero-order valence-electron chi connectivity index (χ0n) is 10.4. The molecule has 1 heterocycles. The van der Waals surface area contributed by atoms with E-state index in [1.165, 1.54) is 30.6 Å². The molecule has 6 heteroatoms. The molecule has 2 aromatic rings. The first-order valence-corrected chi connectivity index (χ1v) is 6.63. The summed E-state index contributed by atoms with van der Waals surface area (Å²) in [4.78, 5) is 0. The summed E-state index contributed by atoms with van der Waals surface area (Å²) in [5.74, 6) is -0.398. The molecule has 1 atom stereocenters. The lowest BCUT2D eigenvalue weighted by atomic mass is 10.2. The van der Waals surface area contributed by atoms with E-state index in [-0.39, 0.29) is 18.0 Å². The highest BCUT2D eigenvalue weighted by Gasteiger charge is 2.11. The van der Waals surface area contributed by atoms with Crippen LogP contribution in [0.3, 0.4) is 0 Å². The monoisotopic (exact) mass is 282 g/mol. The highest BCUT2D eigenvalue weighted by molar-refractivity contribution is 7.07. The van der Waals surface area contributed by atoms with Gasteiger partial charge in [0.1, 0.15) is 0 Å². The number of thiophene rings is 1. The fraction of sp³-hybridized carbons (Fsp3) is 0.231. The molecule has 2 rings (SSSR count). The summed E-state index contributed by atoms with van der Waals surface area (Å²) in [6.07, 6.45) is -0.637. The normalized spacial score (nSPS) is 12.2. The average molecular weight is 282 g/mol. The summed E-state index contributed by atoms with van der Waals surface area (Å²) >= 11 is 1.52. The maximum Gasteiger partial charge on any atom is 0.167 e. The molecule has 0 bridgehead atoms. The standard InChI is InChI=1S/C13H15FN2O2S/c1-18-13-5-11(10(15)4-9(13)14)16-6-12(17)8-2-3-19-7-8/h2-5,7,12,16-17H,6,15H2,1H3. The fourth-order valence-electron chi connectivity index (χ4n) is 1.67. The number of hydrogen-bond acceptors (Lipinski definition) is 5. The van der Waals surface area contributed by atoms with Gasteiger partial charge in [-0.15, -0.1) is 0 Å². The van der Waals surface area contributed by atoms with Crippen LogP contribution in [-0.4, -0.2) is 18.8 Å². The van der Waals surface area contributed by atoms with E-state index in [0.717, 1.165) is 5.56 Å². The predicted octanol–water partition coefficient (Wildman–Crippen LogP) is 2.62. The van der Waals surface area contributed by atoms with Crippen molar-refractivity contribution in [3.8, 4) is 5.75 Å². The molecule has 0 radical (unpaired) electrons. The molecule has 1 aromatic carbocycles. The number of ether oxygens (including phenoxy) is 1. The average Bonchev–Trinajstić information content (AvgIpc) is 2.91. The molecule has 1 aromatic heterocycles. The number of halogens is 1. The van der Waals surface area contributed by atoms with E-state index in [0.29, 0.717) is 5.69 Å². The highest BCUT2D eigenvalue weighted by atomic mass is 32.1. The van der Waals surface area contributed by atoms with Gasteiger partial charge in [0.2, 0.25) is 0 Å². The third-order valence-electron chi connectivity index (χ3n) is 2.74. The molecule has 102 valence electrons. The van der Waals surface area contributed by atoms with E-state index < -0.39 is 11.9 Å². The minimum absolute atomic E-state index is 0.113. The summed E-state index contributed by atoms with van der Waals surface area (Å²) in [6.45, 7) is 0.287. The van der Waals surface area contributed by atoms with Crippen molar-refractivity contribution in [2.45, 2.75) is 6.10 Å². The van der Waals surface area contributed by atoms with Crippen LogP contribution in [0.5, 0.6) is 5.75 Å². The van der Waals surface area contributed by atoms with E-state index in [1.54, 1.807) is 0 Å². The summed E-state index contributed by atoms with van der Waals surface area (Å²) in [5, 5.41) is 16.7. The predicted molar refractivity (Wildman–Crippen MR) is 75.1 cm³/mol. The minimum atomic E-state index is -0.637. The van der Waals surface area contributed by atoms with Crippen molar-refractivity contribution in [3.63, 3.8) is 0 Å². The van der Waals surface area contributed by atoms with Gasteiger partial charge in [0.05, 0.1) is 24.6 Å². The molecule has 4 N–H and O–H groups in total. The molecule has 4 nitrogen and oxygen atoms in total. The minimum Gasteiger partial charge on any atom is -0.494 e. The Balaban J connectivity index is 2.07. The molecule has 0 saturated carbocycles. The first kappa shape index (κ1) is 13.6. The second kappa shape index (κ2) is 5.90.